The van der Waals surface area contributed by atoms with Gasteiger partial charge in [0.15, 0.2) is 0 Å². The first kappa shape index (κ1) is 30.5. The van der Waals surface area contributed by atoms with Crippen LogP contribution in [-0.4, -0.2) is 87.7 Å². The molecule has 0 aliphatic carbocycles. The first-order chi connectivity index (χ1) is 15.4. The highest BCUT2D eigenvalue weighted by atomic mass is 32.2. The average Bonchev–Trinajstić information content (AvgIpc) is 2.74. The minimum atomic E-state index is -1.34. The van der Waals surface area contributed by atoms with E-state index >= 15 is 0 Å². The lowest BCUT2D eigenvalue weighted by Crippen LogP contribution is -2.57. The third-order valence-electron chi connectivity index (χ3n) is 4.36. The Hall–Kier alpha value is -2.52. The monoisotopic (exact) mass is 509 g/mol. The normalized spacial score (nSPS) is 14.3. The van der Waals surface area contributed by atoms with Crippen molar-refractivity contribution >= 4 is 60.0 Å². The number of carbonyl (C=O) groups excluding carboxylic acids is 4. The van der Waals surface area contributed by atoms with Crippen molar-refractivity contribution in [3.05, 3.63) is 0 Å². The number of carboxylic acid groups (broad SMARTS) is 2. The largest absolute Gasteiger partial charge is 0.481 e. The van der Waals surface area contributed by atoms with Gasteiger partial charge in [0.25, 0.3) is 0 Å². The summed E-state index contributed by atoms with van der Waals surface area (Å²) in [6, 6.07) is -4.92. The van der Waals surface area contributed by atoms with Crippen LogP contribution < -0.4 is 27.4 Å². The van der Waals surface area contributed by atoms with E-state index in [2.05, 4.69) is 28.6 Å². The highest BCUT2D eigenvalue weighted by Gasteiger charge is 2.30. The van der Waals surface area contributed by atoms with Gasteiger partial charge in [-0.05, 0) is 31.3 Å². The number of thioether (sulfide) groups is 1. The summed E-state index contributed by atoms with van der Waals surface area (Å²) in [5, 5.41) is 25.1. The summed E-state index contributed by atoms with van der Waals surface area (Å²) in [7, 11) is 0. The molecule has 0 radical (unpaired) electrons. The van der Waals surface area contributed by atoms with Gasteiger partial charge in [-0.25, -0.2) is 4.79 Å². The second-order valence-electron chi connectivity index (χ2n) is 7.03. The first-order valence-corrected chi connectivity index (χ1v) is 11.9. The minimum absolute atomic E-state index is 0.0759. The smallest absolute Gasteiger partial charge is 0.327 e. The van der Waals surface area contributed by atoms with Crippen LogP contribution in [0.3, 0.4) is 0 Å². The van der Waals surface area contributed by atoms with E-state index in [1.807, 2.05) is 0 Å². The molecule has 4 amide bonds. The van der Waals surface area contributed by atoms with Gasteiger partial charge in [-0.3, -0.25) is 24.0 Å². The Bertz CT molecular complexity index is 724. The van der Waals surface area contributed by atoms with E-state index in [0.29, 0.717) is 5.75 Å². The van der Waals surface area contributed by atoms with Crippen LogP contribution in [0.4, 0.5) is 0 Å². The molecule has 4 unspecified atom stereocenters. The highest BCUT2D eigenvalue weighted by Crippen LogP contribution is 2.06. The van der Waals surface area contributed by atoms with Crippen LogP contribution in [0, 0.1) is 0 Å². The molecule has 0 heterocycles. The molecule has 188 valence electrons. The molecular weight excluding hydrogens is 478 g/mol. The number of thiol groups is 1. The van der Waals surface area contributed by atoms with E-state index in [0.717, 1.165) is 0 Å². The van der Waals surface area contributed by atoms with E-state index < -0.39 is 66.2 Å². The van der Waals surface area contributed by atoms with Crippen molar-refractivity contribution in [2.24, 2.45) is 11.5 Å². The van der Waals surface area contributed by atoms with Crippen molar-refractivity contribution < 1.29 is 39.0 Å². The highest BCUT2D eigenvalue weighted by molar-refractivity contribution is 7.98. The van der Waals surface area contributed by atoms with Crippen molar-refractivity contribution in [1.82, 2.24) is 16.0 Å². The predicted molar refractivity (Wildman–Crippen MR) is 124 cm³/mol. The first-order valence-electron chi connectivity index (χ1n) is 9.92. The molecule has 0 bridgehead atoms. The van der Waals surface area contributed by atoms with Gasteiger partial charge < -0.3 is 37.6 Å². The molecule has 0 aliphatic rings. The van der Waals surface area contributed by atoms with Crippen molar-refractivity contribution in [3.63, 3.8) is 0 Å². The number of aliphatic carboxylic acids is 2. The Morgan fingerprint density at radius 3 is 1.82 bits per heavy atom. The topological polar surface area (TPSA) is 231 Å². The molecule has 0 aromatic heterocycles. The van der Waals surface area contributed by atoms with Gasteiger partial charge in [-0.2, -0.15) is 24.4 Å². The quantitative estimate of drug-likeness (QED) is 0.0974. The third-order valence-corrected chi connectivity index (χ3v) is 5.37. The van der Waals surface area contributed by atoms with E-state index in [4.69, 9.17) is 21.7 Å². The number of amides is 4. The number of rotatable bonds is 17. The maximum Gasteiger partial charge on any atom is 0.327 e. The summed E-state index contributed by atoms with van der Waals surface area (Å²) in [4.78, 5) is 70.6. The maximum atomic E-state index is 12.8. The number of primary amides is 1. The Balaban J connectivity index is 5.41. The summed E-state index contributed by atoms with van der Waals surface area (Å²) in [6.07, 6.45) is 0.933. The van der Waals surface area contributed by atoms with E-state index in [9.17, 15) is 28.8 Å². The number of nitrogens with two attached hydrogens (primary N) is 2. The van der Waals surface area contributed by atoms with Crippen LogP contribution in [0.15, 0.2) is 0 Å². The van der Waals surface area contributed by atoms with Gasteiger partial charge in [0.05, 0.1) is 6.04 Å². The van der Waals surface area contributed by atoms with Crippen molar-refractivity contribution in [3.8, 4) is 0 Å². The van der Waals surface area contributed by atoms with Gasteiger partial charge in [0.2, 0.25) is 23.6 Å². The Kier molecular flexibility index (Phi) is 14.9. The summed E-state index contributed by atoms with van der Waals surface area (Å²) < 4.78 is 0. The third kappa shape index (κ3) is 12.9. The van der Waals surface area contributed by atoms with Crippen LogP contribution in [0.5, 0.6) is 0 Å². The average molecular weight is 510 g/mol. The molecule has 0 rings (SSSR count). The molecular formula is C18H31N5O8S2. The molecule has 4 atom stereocenters. The maximum absolute atomic E-state index is 12.8. The van der Waals surface area contributed by atoms with Crippen LogP contribution in [0.2, 0.25) is 0 Å². The molecule has 9 N–H and O–H groups in total. The predicted octanol–water partition coefficient (Wildman–Crippen LogP) is -2.33. The molecule has 0 fully saturated rings. The molecule has 13 nitrogen and oxygen atoms in total. The van der Waals surface area contributed by atoms with Crippen LogP contribution in [0.1, 0.15) is 32.1 Å². The van der Waals surface area contributed by atoms with Gasteiger partial charge >= 0.3 is 11.9 Å². The molecule has 0 saturated heterocycles. The summed E-state index contributed by atoms with van der Waals surface area (Å²) >= 11 is 5.26. The van der Waals surface area contributed by atoms with Gasteiger partial charge in [0.1, 0.15) is 18.1 Å². The fourth-order valence-corrected chi connectivity index (χ4v) is 3.20. The van der Waals surface area contributed by atoms with E-state index in [1.165, 1.54) is 11.8 Å². The van der Waals surface area contributed by atoms with Crippen LogP contribution in [-0.2, 0) is 28.8 Å². The fraction of sp³-hybridized carbons (Fsp3) is 0.667. The van der Waals surface area contributed by atoms with Crippen molar-refractivity contribution in [1.29, 1.82) is 0 Å². The summed E-state index contributed by atoms with van der Waals surface area (Å²) in [5.41, 5.74) is 10.7. The standard InChI is InChI=1S/C18H31N5O8S2/c1-33-7-6-11(17(29)23-12(8-32)18(30)31)22-16(28)10(3-5-14(25)26)21-15(27)9(19)2-4-13(20)24/h9-12,32H,2-8,19H2,1H3,(H2,20,24)(H,21,27)(H,22,28)(H,23,29)(H,25,26)(H,30,31). The molecule has 0 aromatic rings. The lowest BCUT2D eigenvalue weighted by atomic mass is 10.1. The Morgan fingerprint density at radius 2 is 1.36 bits per heavy atom. The lowest BCUT2D eigenvalue weighted by Gasteiger charge is -2.24. The second-order valence-corrected chi connectivity index (χ2v) is 8.38. The van der Waals surface area contributed by atoms with Crippen LogP contribution >= 0.6 is 24.4 Å². The van der Waals surface area contributed by atoms with E-state index in [-0.39, 0.29) is 31.4 Å². The van der Waals surface area contributed by atoms with E-state index in [1.54, 1.807) is 6.26 Å². The zero-order chi connectivity index (χ0) is 25.6. The molecule has 0 aromatic carbocycles. The lowest BCUT2D eigenvalue weighted by molar-refractivity contribution is -0.141. The number of hydrogen-bond acceptors (Lipinski definition) is 9. The molecule has 0 saturated carbocycles. The Labute approximate surface area is 200 Å². The van der Waals surface area contributed by atoms with Crippen molar-refractivity contribution in [2.75, 3.05) is 17.8 Å². The summed E-state index contributed by atoms with van der Waals surface area (Å²) in [5.74, 6) is -5.31. The fourth-order valence-electron chi connectivity index (χ4n) is 2.48. The zero-order valence-electron chi connectivity index (χ0n) is 18.1. The number of carbonyl (C=O) groups is 6. The molecule has 0 spiro atoms. The Morgan fingerprint density at radius 1 is 0.848 bits per heavy atom. The number of hydrogen-bond donors (Lipinski definition) is 8. The van der Waals surface area contributed by atoms with Gasteiger partial charge in [-0.15, -0.1) is 0 Å². The van der Waals surface area contributed by atoms with Gasteiger partial charge in [-0.1, -0.05) is 0 Å². The number of carboxylic acids is 2. The van der Waals surface area contributed by atoms with Crippen LogP contribution in [0.25, 0.3) is 0 Å². The second kappa shape index (κ2) is 16.1. The summed E-state index contributed by atoms with van der Waals surface area (Å²) in [6.45, 7) is 0. The molecule has 33 heavy (non-hydrogen) atoms. The van der Waals surface area contributed by atoms with Gasteiger partial charge in [0, 0.05) is 18.6 Å². The number of nitrogens with one attached hydrogen (secondary N) is 3. The zero-order valence-corrected chi connectivity index (χ0v) is 19.8. The minimum Gasteiger partial charge on any atom is -0.481 e. The van der Waals surface area contributed by atoms with Crippen molar-refractivity contribution in [2.45, 2.75) is 56.3 Å². The molecule has 15 heteroatoms. The molecule has 0 aliphatic heterocycles. The SMILES string of the molecule is CSCCC(NC(=O)C(CCC(=O)O)NC(=O)C(N)CCC(N)=O)C(=O)NC(CS)C(=O)O.